The van der Waals surface area contributed by atoms with Crippen molar-refractivity contribution in [2.75, 3.05) is 20.2 Å². The second kappa shape index (κ2) is 9.18. The normalized spacial score (nSPS) is 28.2. The van der Waals surface area contributed by atoms with Crippen LogP contribution >= 0.6 is 15.9 Å². The maximum Gasteiger partial charge on any atom is 0.229 e. The summed E-state index contributed by atoms with van der Waals surface area (Å²) in [6, 6.07) is 16.9. The van der Waals surface area contributed by atoms with Crippen molar-refractivity contribution in [2.24, 2.45) is 5.92 Å². The number of benzene rings is 2. The first kappa shape index (κ1) is 24.7. The van der Waals surface area contributed by atoms with Gasteiger partial charge in [-0.25, -0.2) is 0 Å². The number of aliphatic hydroxyl groups excluding tert-OH is 1. The van der Waals surface area contributed by atoms with E-state index in [1.165, 1.54) is 19.5 Å². The minimum absolute atomic E-state index is 0.237. The summed E-state index contributed by atoms with van der Waals surface area (Å²) in [5.74, 6) is -1.33. The van der Waals surface area contributed by atoms with Crippen LogP contribution in [0.25, 0.3) is 0 Å². The number of rotatable bonds is 6. The van der Waals surface area contributed by atoms with Crippen LogP contribution in [0, 0.1) is 5.92 Å². The molecule has 0 saturated heterocycles. The monoisotopic (exact) mass is 552 g/mol. The van der Waals surface area contributed by atoms with Gasteiger partial charge in [-0.1, -0.05) is 58.4 Å². The number of carbonyl (C=O) groups is 1. The molecule has 2 aliphatic rings. The summed E-state index contributed by atoms with van der Waals surface area (Å²) in [7, 11) is 1.48. The van der Waals surface area contributed by atoms with E-state index in [1.807, 2.05) is 68.4 Å². The van der Waals surface area contributed by atoms with Crippen molar-refractivity contribution >= 4 is 21.8 Å². The molecule has 0 bridgehead atoms. The maximum atomic E-state index is 14.0. The molecule has 2 unspecified atom stereocenters. The number of pyridine rings is 1. The van der Waals surface area contributed by atoms with E-state index in [4.69, 9.17) is 9.47 Å². The molecular weight excluding hydrogens is 524 g/mol. The molecule has 2 heterocycles. The highest BCUT2D eigenvalue weighted by molar-refractivity contribution is 9.10. The maximum absolute atomic E-state index is 14.0. The summed E-state index contributed by atoms with van der Waals surface area (Å²) >= 11 is 3.49. The Hall–Kier alpha value is -2.94. The van der Waals surface area contributed by atoms with Crippen molar-refractivity contribution < 1.29 is 24.5 Å². The largest absolute Gasteiger partial charge is 0.495 e. The Morgan fingerprint density at radius 2 is 1.78 bits per heavy atom. The fourth-order valence-corrected chi connectivity index (χ4v) is 6.38. The molecule has 1 fully saturated rings. The average Bonchev–Trinajstić information content (AvgIpc) is 3.28. The van der Waals surface area contributed by atoms with Gasteiger partial charge in [-0.05, 0) is 37.1 Å². The van der Waals surface area contributed by atoms with Crippen molar-refractivity contribution in [2.45, 2.75) is 37.1 Å². The highest BCUT2D eigenvalue weighted by atomic mass is 79.9. The van der Waals surface area contributed by atoms with Gasteiger partial charge in [0.2, 0.25) is 5.91 Å². The summed E-state index contributed by atoms with van der Waals surface area (Å²) in [5.41, 5.74) is -1.82. The van der Waals surface area contributed by atoms with E-state index in [9.17, 15) is 15.0 Å². The minimum atomic E-state index is -2.00. The first-order valence-electron chi connectivity index (χ1n) is 12.1. The number of nitrogens with zero attached hydrogens (tertiary/aromatic N) is 2. The fourth-order valence-electron chi connectivity index (χ4n) is 6.11. The Morgan fingerprint density at radius 1 is 1.11 bits per heavy atom. The molecule has 1 aliphatic carbocycles. The van der Waals surface area contributed by atoms with E-state index >= 15 is 0 Å². The van der Waals surface area contributed by atoms with Crippen LogP contribution in [0.4, 0.5) is 0 Å². The molecule has 36 heavy (non-hydrogen) atoms. The van der Waals surface area contributed by atoms with Crippen LogP contribution in [-0.4, -0.2) is 52.3 Å². The van der Waals surface area contributed by atoms with E-state index in [-0.39, 0.29) is 11.7 Å². The van der Waals surface area contributed by atoms with Gasteiger partial charge in [0, 0.05) is 23.5 Å². The number of fused-ring (bicyclic) bond motifs is 3. The number of carbonyl (C=O) groups excluding carboxylic acids is 1. The van der Waals surface area contributed by atoms with Gasteiger partial charge in [-0.3, -0.25) is 9.78 Å². The standard InChI is InChI=1S/C28H29BrN2O5/c1-4-31(5-2)26(33)22-23(17-9-7-6-8-10-17)28(18-11-13-19(29)14-12-18)27(34,25(22)32)24-20(35-3)15-30-16-21(24)36-28/h6-16,22-23,25,32,34H,4-5H2,1-3H3/t22?,23?,25-,27+,28+/m1/s1. The molecule has 0 radical (unpaired) electrons. The van der Waals surface area contributed by atoms with Crippen molar-refractivity contribution in [3.63, 3.8) is 0 Å². The SMILES string of the molecule is CCN(CC)C(=O)C1C(c2ccccc2)[C@]2(c3ccc(Br)cc3)Oc3cncc(OC)c3[C@]2(O)[C@@H]1O. The number of aliphatic hydroxyl groups is 2. The van der Waals surface area contributed by atoms with Crippen LogP contribution in [0.2, 0.25) is 0 Å². The molecule has 8 heteroatoms. The Bertz CT molecular complexity index is 1270. The van der Waals surface area contributed by atoms with E-state index in [0.717, 1.165) is 10.0 Å². The molecule has 2 N–H and O–H groups in total. The van der Waals surface area contributed by atoms with Gasteiger partial charge in [-0.15, -0.1) is 0 Å². The predicted molar refractivity (Wildman–Crippen MR) is 138 cm³/mol. The first-order valence-corrected chi connectivity index (χ1v) is 12.9. The third-order valence-electron chi connectivity index (χ3n) is 7.67. The molecule has 2 aromatic carbocycles. The second-order valence-electron chi connectivity index (χ2n) is 9.20. The number of hydrogen-bond donors (Lipinski definition) is 2. The number of methoxy groups -OCH3 is 1. The molecule has 1 aliphatic heterocycles. The number of ether oxygens (including phenoxy) is 2. The molecule has 3 aromatic rings. The summed E-state index contributed by atoms with van der Waals surface area (Å²) in [5, 5.41) is 24.8. The lowest BCUT2D eigenvalue weighted by Crippen LogP contribution is -2.52. The highest BCUT2D eigenvalue weighted by Gasteiger charge is 2.78. The smallest absolute Gasteiger partial charge is 0.229 e. The predicted octanol–water partition coefficient (Wildman–Crippen LogP) is 3.97. The van der Waals surface area contributed by atoms with E-state index in [1.54, 1.807) is 4.90 Å². The van der Waals surface area contributed by atoms with Crippen molar-refractivity contribution in [3.05, 3.63) is 88.2 Å². The Morgan fingerprint density at radius 3 is 2.39 bits per heavy atom. The molecular formula is C28H29BrN2O5. The lowest BCUT2D eigenvalue weighted by atomic mass is 9.70. The summed E-state index contributed by atoms with van der Waals surface area (Å²) in [4.78, 5) is 19.9. The van der Waals surface area contributed by atoms with E-state index in [2.05, 4.69) is 20.9 Å². The third-order valence-corrected chi connectivity index (χ3v) is 8.20. The molecule has 7 nitrogen and oxygen atoms in total. The zero-order valence-electron chi connectivity index (χ0n) is 20.4. The van der Waals surface area contributed by atoms with Crippen LogP contribution in [0.3, 0.4) is 0 Å². The van der Waals surface area contributed by atoms with Gasteiger partial charge in [-0.2, -0.15) is 0 Å². The zero-order valence-corrected chi connectivity index (χ0v) is 22.0. The van der Waals surface area contributed by atoms with Crippen molar-refractivity contribution in [1.29, 1.82) is 0 Å². The number of amides is 1. The van der Waals surface area contributed by atoms with Gasteiger partial charge in [0.25, 0.3) is 0 Å². The Labute approximate surface area is 218 Å². The second-order valence-corrected chi connectivity index (χ2v) is 10.1. The lowest BCUT2D eigenvalue weighted by molar-refractivity contribution is -0.157. The van der Waals surface area contributed by atoms with E-state index < -0.39 is 29.1 Å². The lowest BCUT2D eigenvalue weighted by Gasteiger charge is -2.41. The molecule has 0 spiro atoms. The molecule has 1 aromatic heterocycles. The van der Waals surface area contributed by atoms with Crippen LogP contribution in [0.1, 0.15) is 36.5 Å². The highest BCUT2D eigenvalue weighted by Crippen LogP contribution is 2.69. The summed E-state index contributed by atoms with van der Waals surface area (Å²) in [6.07, 6.45) is 1.52. The quantitative estimate of drug-likeness (QED) is 0.480. The molecule has 5 atom stereocenters. The van der Waals surface area contributed by atoms with E-state index in [0.29, 0.717) is 30.0 Å². The average molecular weight is 553 g/mol. The van der Waals surface area contributed by atoms with Gasteiger partial charge in [0.05, 0.1) is 31.0 Å². The summed E-state index contributed by atoms with van der Waals surface area (Å²) in [6.45, 7) is 4.77. The van der Waals surface area contributed by atoms with Gasteiger partial charge in [0.15, 0.2) is 11.2 Å². The Kier molecular flexibility index (Phi) is 6.31. The molecule has 188 valence electrons. The van der Waals surface area contributed by atoms with Crippen LogP contribution in [-0.2, 0) is 16.0 Å². The number of aromatic nitrogens is 1. The fraction of sp³-hybridized carbons (Fsp3) is 0.357. The topological polar surface area (TPSA) is 92.1 Å². The van der Waals surface area contributed by atoms with Crippen LogP contribution in [0.5, 0.6) is 11.5 Å². The molecule has 5 rings (SSSR count). The van der Waals surface area contributed by atoms with Gasteiger partial charge >= 0.3 is 0 Å². The third kappa shape index (κ3) is 3.24. The van der Waals surface area contributed by atoms with Crippen LogP contribution in [0.15, 0.2) is 71.5 Å². The zero-order chi connectivity index (χ0) is 25.7. The van der Waals surface area contributed by atoms with Crippen LogP contribution < -0.4 is 9.47 Å². The molecule has 1 saturated carbocycles. The van der Waals surface area contributed by atoms with Crippen molar-refractivity contribution in [1.82, 2.24) is 9.88 Å². The summed E-state index contributed by atoms with van der Waals surface area (Å²) < 4.78 is 13.2. The first-order chi connectivity index (χ1) is 17.3. The van der Waals surface area contributed by atoms with Gasteiger partial charge < -0.3 is 24.6 Å². The number of hydrogen-bond acceptors (Lipinski definition) is 6. The minimum Gasteiger partial charge on any atom is -0.495 e. The van der Waals surface area contributed by atoms with Gasteiger partial charge in [0.1, 0.15) is 17.6 Å². The molecule has 1 amide bonds. The Balaban J connectivity index is 1.87. The number of halogens is 1. The van der Waals surface area contributed by atoms with Crippen molar-refractivity contribution in [3.8, 4) is 11.5 Å².